The lowest BCUT2D eigenvalue weighted by Crippen LogP contribution is -2.54. The van der Waals surface area contributed by atoms with Crippen LogP contribution in [0, 0.1) is 5.92 Å². The second-order valence-corrected chi connectivity index (χ2v) is 5.78. The molecule has 1 aliphatic heterocycles. The molecule has 2 atom stereocenters. The van der Waals surface area contributed by atoms with E-state index < -0.39 is 28.7 Å². The fourth-order valence-corrected chi connectivity index (χ4v) is 3.04. The van der Waals surface area contributed by atoms with Crippen LogP contribution in [-0.2, 0) is 6.18 Å². The van der Waals surface area contributed by atoms with Crippen LogP contribution >= 0.6 is 0 Å². The molecule has 1 aromatic rings. The van der Waals surface area contributed by atoms with E-state index in [9.17, 15) is 22.8 Å². The molecule has 2 fully saturated rings. The van der Waals surface area contributed by atoms with E-state index in [1.807, 2.05) is 4.98 Å². The number of aromatic nitrogens is 1. The van der Waals surface area contributed by atoms with E-state index in [1.54, 1.807) is 0 Å². The van der Waals surface area contributed by atoms with Gasteiger partial charge in [0.05, 0.1) is 5.56 Å². The van der Waals surface area contributed by atoms with Gasteiger partial charge in [0.15, 0.2) is 0 Å². The van der Waals surface area contributed by atoms with Gasteiger partial charge in [0.25, 0.3) is 11.5 Å². The van der Waals surface area contributed by atoms with Crippen LogP contribution in [0.3, 0.4) is 0 Å². The lowest BCUT2D eigenvalue weighted by atomic mass is 9.70. The smallest absolute Gasteiger partial charge is 0.336 e. The standard InChI is InChI=1S/C13H14F3N3O2/c14-13(15,16)9-3-7(4-18-10(9)20)11(21)19-5-8-1-2-12(8,17)6-19/h3-4,8H,1-2,5-6,17H2,(H,18,20)/t8-,12-/m0/s1. The molecule has 3 rings (SSSR count). The number of hydrogen-bond acceptors (Lipinski definition) is 3. The second-order valence-electron chi connectivity index (χ2n) is 5.78. The maximum Gasteiger partial charge on any atom is 0.421 e. The quantitative estimate of drug-likeness (QED) is 0.811. The Balaban J connectivity index is 1.88. The minimum atomic E-state index is -4.79. The van der Waals surface area contributed by atoms with Crippen molar-refractivity contribution in [2.24, 2.45) is 11.7 Å². The van der Waals surface area contributed by atoms with Gasteiger partial charge < -0.3 is 15.6 Å². The molecule has 21 heavy (non-hydrogen) atoms. The minimum Gasteiger partial charge on any atom is -0.336 e. The van der Waals surface area contributed by atoms with Gasteiger partial charge in [0.2, 0.25) is 0 Å². The number of carbonyl (C=O) groups excluding carboxylic acids is 1. The van der Waals surface area contributed by atoms with Gasteiger partial charge >= 0.3 is 6.18 Å². The maximum absolute atomic E-state index is 12.7. The third-order valence-corrected chi connectivity index (χ3v) is 4.44. The zero-order valence-corrected chi connectivity index (χ0v) is 11.0. The van der Waals surface area contributed by atoms with Crippen molar-refractivity contribution in [3.63, 3.8) is 0 Å². The van der Waals surface area contributed by atoms with Crippen molar-refractivity contribution in [3.05, 3.63) is 33.7 Å². The molecule has 1 amide bonds. The summed E-state index contributed by atoms with van der Waals surface area (Å²) in [5.74, 6) is -0.317. The molecule has 2 heterocycles. The molecule has 0 spiro atoms. The van der Waals surface area contributed by atoms with Crippen LogP contribution in [0.2, 0.25) is 0 Å². The van der Waals surface area contributed by atoms with E-state index in [0.717, 1.165) is 19.0 Å². The Hall–Kier alpha value is -1.83. The van der Waals surface area contributed by atoms with Gasteiger partial charge in [0, 0.05) is 24.8 Å². The normalized spacial score (nSPS) is 28.2. The number of aromatic amines is 1. The summed E-state index contributed by atoms with van der Waals surface area (Å²) in [4.78, 5) is 26.9. The molecule has 0 bridgehead atoms. The molecule has 114 valence electrons. The minimum absolute atomic E-state index is 0.174. The van der Waals surface area contributed by atoms with E-state index in [-0.39, 0.29) is 11.5 Å². The first-order chi connectivity index (χ1) is 9.71. The van der Waals surface area contributed by atoms with Crippen molar-refractivity contribution >= 4 is 5.91 Å². The maximum atomic E-state index is 12.7. The number of alkyl halides is 3. The molecule has 3 N–H and O–H groups in total. The SMILES string of the molecule is N[C@]12CC[C@H]1CN(C(=O)c1c[nH]c(=O)c(C(F)(F)F)c1)C2. The van der Waals surface area contributed by atoms with Crippen LogP contribution in [-0.4, -0.2) is 34.4 Å². The Morgan fingerprint density at radius 1 is 1.48 bits per heavy atom. The van der Waals surface area contributed by atoms with Crippen molar-refractivity contribution in [1.29, 1.82) is 0 Å². The first-order valence-corrected chi connectivity index (χ1v) is 6.59. The van der Waals surface area contributed by atoms with Crippen LogP contribution in [0.15, 0.2) is 17.1 Å². The van der Waals surface area contributed by atoms with Gasteiger partial charge in [-0.05, 0) is 24.8 Å². The number of H-pyrrole nitrogens is 1. The first kappa shape index (κ1) is 14.1. The number of likely N-dealkylation sites (tertiary alicyclic amines) is 1. The number of fused-ring (bicyclic) bond motifs is 1. The van der Waals surface area contributed by atoms with Crippen LogP contribution in [0.1, 0.15) is 28.8 Å². The number of nitrogens with zero attached hydrogens (tertiary/aromatic N) is 1. The number of nitrogens with one attached hydrogen (secondary N) is 1. The molecule has 1 saturated heterocycles. The summed E-state index contributed by atoms with van der Waals surface area (Å²) >= 11 is 0. The average Bonchev–Trinajstić information content (AvgIpc) is 2.61. The summed E-state index contributed by atoms with van der Waals surface area (Å²) < 4.78 is 38.1. The molecule has 1 saturated carbocycles. The number of nitrogens with two attached hydrogens (primary N) is 1. The molecule has 1 aliphatic carbocycles. The third-order valence-electron chi connectivity index (χ3n) is 4.44. The molecule has 5 nitrogen and oxygen atoms in total. The van der Waals surface area contributed by atoms with Crippen LogP contribution in [0.5, 0.6) is 0 Å². The highest BCUT2D eigenvalue weighted by atomic mass is 19.4. The summed E-state index contributed by atoms with van der Waals surface area (Å²) in [5.41, 5.74) is 2.92. The number of amides is 1. The zero-order valence-electron chi connectivity index (χ0n) is 11.0. The fourth-order valence-electron chi connectivity index (χ4n) is 3.04. The highest BCUT2D eigenvalue weighted by molar-refractivity contribution is 5.94. The van der Waals surface area contributed by atoms with Gasteiger partial charge in [-0.2, -0.15) is 13.2 Å². The molecular formula is C13H14F3N3O2. The zero-order chi connectivity index (χ0) is 15.4. The van der Waals surface area contributed by atoms with Crippen LogP contribution in [0.4, 0.5) is 13.2 Å². The lowest BCUT2D eigenvalue weighted by molar-refractivity contribution is -0.138. The molecule has 2 aliphatic rings. The van der Waals surface area contributed by atoms with Crippen molar-refractivity contribution in [2.45, 2.75) is 24.6 Å². The highest BCUT2D eigenvalue weighted by Crippen LogP contribution is 2.42. The van der Waals surface area contributed by atoms with Crippen LogP contribution in [0.25, 0.3) is 0 Å². The third kappa shape index (κ3) is 2.23. The van der Waals surface area contributed by atoms with Gasteiger partial charge in [-0.3, -0.25) is 9.59 Å². The first-order valence-electron chi connectivity index (χ1n) is 6.59. The van der Waals surface area contributed by atoms with E-state index in [4.69, 9.17) is 5.73 Å². The Bertz CT molecular complexity index is 655. The molecule has 0 radical (unpaired) electrons. The van der Waals surface area contributed by atoms with Gasteiger partial charge in [-0.25, -0.2) is 0 Å². The largest absolute Gasteiger partial charge is 0.421 e. The van der Waals surface area contributed by atoms with Crippen molar-refractivity contribution in [2.75, 3.05) is 13.1 Å². The topological polar surface area (TPSA) is 79.2 Å². The fraction of sp³-hybridized carbons (Fsp3) is 0.538. The van der Waals surface area contributed by atoms with E-state index >= 15 is 0 Å². The predicted octanol–water partition coefficient (Wildman–Crippen LogP) is 0.957. The Labute approximate surface area is 117 Å². The van der Waals surface area contributed by atoms with Crippen LogP contribution < -0.4 is 11.3 Å². The summed E-state index contributed by atoms with van der Waals surface area (Å²) in [5, 5.41) is 0. The number of halogens is 3. The monoisotopic (exact) mass is 301 g/mol. The molecule has 0 unspecified atom stereocenters. The number of hydrogen-bond donors (Lipinski definition) is 2. The van der Waals surface area contributed by atoms with Crippen molar-refractivity contribution < 1.29 is 18.0 Å². The van der Waals surface area contributed by atoms with Crippen molar-refractivity contribution in [1.82, 2.24) is 9.88 Å². The Morgan fingerprint density at radius 3 is 2.67 bits per heavy atom. The van der Waals surface area contributed by atoms with E-state index in [0.29, 0.717) is 19.2 Å². The van der Waals surface area contributed by atoms with Gasteiger partial charge in [0.1, 0.15) is 5.56 Å². The second kappa shape index (κ2) is 4.33. The Morgan fingerprint density at radius 2 is 2.19 bits per heavy atom. The average molecular weight is 301 g/mol. The molecule has 1 aromatic heterocycles. The molecular weight excluding hydrogens is 287 g/mol. The summed E-state index contributed by atoms with van der Waals surface area (Å²) in [7, 11) is 0. The number of pyridine rings is 1. The highest BCUT2D eigenvalue weighted by Gasteiger charge is 2.51. The Kier molecular flexibility index (Phi) is 2.91. The summed E-state index contributed by atoms with van der Waals surface area (Å²) in [6, 6.07) is 0.602. The summed E-state index contributed by atoms with van der Waals surface area (Å²) in [6.45, 7) is 0.798. The van der Waals surface area contributed by atoms with Gasteiger partial charge in [-0.1, -0.05) is 0 Å². The molecule has 0 aromatic carbocycles. The predicted molar refractivity (Wildman–Crippen MR) is 67.6 cm³/mol. The molecule has 8 heteroatoms. The van der Waals surface area contributed by atoms with Crippen molar-refractivity contribution in [3.8, 4) is 0 Å². The number of carbonyl (C=O) groups is 1. The van der Waals surface area contributed by atoms with E-state index in [2.05, 4.69) is 0 Å². The van der Waals surface area contributed by atoms with E-state index in [1.165, 1.54) is 4.90 Å². The summed E-state index contributed by atoms with van der Waals surface area (Å²) in [6.07, 6.45) is -2.02. The lowest BCUT2D eigenvalue weighted by Gasteiger charge is -2.39. The number of rotatable bonds is 1. The van der Waals surface area contributed by atoms with Gasteiger partial charge in [-0.15, -0.1) is 0 Å².